The predicted molar refractivity (Wildman–Crippen MR) is 253 cm³/mol. The van der Waals surface area contributed by atoms with Crippen LogP contribution < -0.4 is 0 Å². The van der Waals surface area contributed by atoms with Gasteiger partial charge in [0, 0.05) is 36.5 Å². The second-order valence-corrected chi connectivity index (χ2v) is 17.5. The average molecular weight is 792 g/mol. The summed E-state index contributed by atoms with van der Waals surface area (Å²) < 4.78 is 4.89. The summed E-state index contributed by atoms with van der Waals surface area (Å²) in [6, 6.07) is 74.0. The van der Waals surface area contributed by atoms with Gasteiger partial charge in [0.05, 0.1) is 10.9 Å². The summed E-state index contributed by atoms with van der Waals surface area (Å²) in [5.41, 5.74) is 18.1. The zero-order valence-corrected chi connectivity index (χ0v) is 33.6. The van der Waals surface area contributed by atoms with Crippen LogP contribution in [0.3, 0.4) is 0 Å². The third kappa shape index (κ3) is 4.36. The third-order valence-electron chi connectivity index (χ3n) is 13.5. The van der Waals surface area contributed by atoms with Crippen LogP contribution in [0.25, 0.3) is 103 Å². The lowest BCUT2D eigenvalue weighted by Gasteiger charge is -2.30. The number of hydrogen-bond acceptors (Lipinski definition) is 3. The zero-order valence-electron chi connectivity index (χ0n) is 32.8. The topological polar surface area (TPSA) is 30.2 Å². The monoisotopic (exact) mass is 791 g/mol. The smallest absolute Gasteiger partial charge is 0.169 e. The summed E-state index contributed by atoms with van der Waals surface area (Å²) in [4.78, 5) is 0. The third-order valence-corrected chi connectivity index (χ3v) is 14.8. The molecule has 12 aromatic rings. The van der Waals surface area contributed by atoms with Crippen LogP contribution in [0.5, 0.6) is 0 Å². The molecule has 0 amide bonds. The molecule has 0 radical (unpaired) electrons. The number of aromatic nitrogens is 3. The molecule has 4 heteroatoms. The molecule has 1 spiro atoms. The summed E-state index contributed by atoms with van der Waals surface area (Å²) in [6.45, 7) is 0. The van der Waals surface area contributed by atoms with Gasteiger partial charge in [0.15, 0.2) is 11.5 Å². The van der Waals surface area contributed by atoms with E-state index in [1.165, 1.54) is 97.7 Å². The first-order valence-electron chi connectivity index (χ1n) is 20.9. The summed E-state index contributed by atoms with van der Waals surface area (Å²) in [5.74, 6) is 0.834. The van der Waals surface area contributed by atoms with Crippen molar-refractivity contribution in [3.8, 4) is 55.9 Å². The Morgan fingerprint density at radius 3 is 1.64 bits per heavy atom. The highest BCUT2D eigenvalue weighted by Gasteiger charge is 2.51. The molecule has 0 aliphatic heterocycles. The lowest BCUT2D eigenvalue weighted by molar-refractivity contribution is 0.794. The van der Waals surface area contributed by atoms with Gasteiger partial charge >= 0.3 is 0 Å². The SMILES string of the molecule is c1ccc2c(c1)-c1ccccc1C21c2ccccc2-c2ccc(-c3ccc4c(c3)c3ccccc3c3nnc(-c5ccc(-c6cccc7c6sc6ccccc67)cc5)n43)cc21. The Bertz CT molecular complexity index is 3770. The van der Waals surface area contributed by atoms with Crippen LogP contribution >= 0.6 is 11.3 Å². The molecular weight excluding hydrogens is 759 g/mol. The second-order valence-electron chi connectivity index (χ2n) is 16.5. The van der Waals surface area contributed by atoms with E-state index in [2.05, 4.69) is 205 Å². The van der Waals surface area contributed by atoms with Crippen molar-refractivity contribution in [1.82, 2.24) is 14.6 Å². The van der Waals surface area contributed by atoms with Crippen molar-refractivity contribution in [2.75, 3.05) is 0 Å². The van der Waals surface area contributed by atoms with Crippen LogP contribution in [0.2, 0.25) is 0 Å². The molecule has 3 nitrogen and oxygen atoms in total. The molecule has 282 valence electrons. The highest BCUT2D eigenvalue weighted by molar-refractivity contribution is 7.26. The largest absolute Gasteiger partial charge is 0.274 e. The maximum Gasteiger partial charge on any atom is 0.169 e. The van der Waals surface area contributed by atoms with Gasteiger partial charge in [-0.15, -0.1) is 21.5 Å². The standard InChI is InChI=1S/C57H33N3S/c1-2-17-46-39(12-1)47-32-36(37-28-30-43-42-15-5-9-22-50(42)57(51(43)33-37)48-20-7-3-13-40(48)41-14-4-8-21-49(41)57)29-31-52(47)60-55(58-59-56(46)60)35-26-24-34(25-27-35)38-18-11-19-45-44-16-6-10-23-53(44)61-54(38)45/h1-33H. The quantitative estimate of drug-likeness (QED) is 0.167. The van der Waals surface area contributed by atoms with Crippen molar-refractivity contribution in [3.05, 3.63) is 222 Å². The minimum Gasteiger partial charge on any atom is -0.274 e. The Balaban J connectivity index is 0.935. The first-order chi connectivity index (χ1) is 30.3. The predicted octanol–water partition coefficient (Wildman–Crippen LogP) is 14.7. The van der Waals surface area contributed by atoms with Gasteiger partial charge in [-0.1, -0.05) is 176 Å². The maximum atomic E-state index is 4.88. The first-order valence-corrected chi connectivity index (χ1v) is 21.7. The molecule has 0 saturated heterocycles. The molecule has 61 heavy (non-hydrogen) atoms. The fourth-order valence-electron chi connectivity index (χ4n) is 11.0. The van der Waals surface area contributed by atoms with E-state index >= 15 is 0 Å². The van der Waals surface area contributed by atoms with Crippen LogP contribution in [-0.4, -0.2) is 14.6 Å². The summed E-state index contributed by atoms with van der Waals surface area (Å²) in [5, 5.41) is 15.8. The molecule has 0 bridgehead atoms. The van der Waals surface area contributed by atoms with E-state index in [9.17, 15) is 0 Å². The van der Waals surface area contributed by atoms with E-state index in [0.717, 1.165) is 27.9 Å². The number of benzene rings is 9. The Morgan fingerprint density at radius 1 is 0.361 bits per heavy atom. The molecule has 14 rings (SSSR count). The normalized spacial score (nSPS) is 13.4. The molecule has 0 N–H and O–H groups in total. The average Bonchev–Trinajstić information content (AvgIpc) is 4.09. The molecule has 0 atom stereocenters. The fraction of sp³-hybridized carbons (Fsp3) is 0.0175. The lowest BCUT2D eigenvalue weighted by atomic mass is 9.70. The van der Waals surface area contributed by atoms with Crippen LogP contribution in [0, 0.1) is 0 Å². The van der Waals surface area contributed by atoms with Crippen molar-refractivity contribution in [2.45, 2.75) is 5.41 Å². The van der Waals surface area contributed by atoms with Crippen molar-refractivity contribution >= 4 is 58.8 Å². The fourth-order valence-corrected chi connectivity index (χ4v) is 12.2. The van der Waals surface area contributed by atoms with Crippen molar-refractivity contribution in [1.29, 1.82) is 0 Å². The van der Waals surface area contributed by atoms with Crippen molar-refractivity contribution in [2.24, 2.45) is 0 Å². The van der Waals surface area contributed by atoms with Gasteiger partial charge in [-0.2, -0.15) is 0 Å². The van der Waals surface area contributed by atoms with E-state index in [1.54, 1.807) is 0 Å². The zero-order chi connectivity index (χ0) is 39.8. The van der Waals surface area contributed by atoms with Crippen LogP contribution in [0.4, 0.5) is 0 Å². The second kappa shape index (κ2) is 12.2. The van der Waals surface area contributed by atoms with E-state index in [0.29, 0.717) is 0 Å². The number of fused-ring (bicyclic) bond motifs is 19. The van der Waals surface area contributed by atoms with E-state index < -0.39 is 0 Å². The van der Waals surface area contributed by atoms with Gasteiger partial charge in [-0.3, -0.25) is 4.40 Å². The van der Waals surface area contributed by atoms with E-state index in [-0.39, 0.29) is 5.41 Å². The first kappa shape index (κ1) is 33.2. The summed E-state index contributed by atoms with van der Waals surface area (Å²) in [7, 11) is 0. The highest BCUT2D eigenvalue weighted by Crippen LogP contribution is 2.63. The highest BCUT2D eigenvalue weighted by atomic mass is 32.1. The molecule has 9 aromatic carbocycles. The van der Waals surface area contributed by atoms with Gasteiger partial charge in [0.1, 0.15) is 0 Å². The minimum absolute atomic E-state index is 0.387. The van der Waals surface area contributed by atoms with Gasteiger partial charge in [0.2, 0.25) is 0 Å². The van der Waals surface area contributed by atoms with Gasteiger partial charge in [-0.05, 0) is 96.4 Å². The number of pyridine rings is 1. The molecule has 0 fully saturated rings. The van der Waals surface area contributed by atoms with E-state index in [4.69, 9.17) is 10.2 Å². The Labute approximate surface area is 355 Å². The molecule has 2 aliphatic rings. The maximum absolute atomic E-state index is 4.88. The summed E-state index contributed by atoms with van der Waals surface area (Å²) >= 11 is 1.86. The van der Waals surface area contributed by atoms with E-state index in [1.807, 2.05) is 11.3 Å². The Morgan fingerprint density at radius 2 is 0.902 bits per heavy atom. The Hall–Kier alpha value is -7.66. The number of thiophene rings is 1. The van der Waals surface area contributed by atoms with Gasteiger partial charge < -0.3 is 0 Å². The molecule has 2 aliphatic carbocycles. The number of hydrogen-bond donors (Lipinski definition) is 0. The van der Waals surface area contributed by atoms with Crippen LogP contribution in [0.1, 0.15) is 22.3 Å². The van der Waals surface area contributed by atoms with Crippen molar-refractivity contribution in [3.63, 3.8) is 0 Å². The molecule has 0 saturated carbocycles. The van der Waals surface area contributed by atoms with Gasteiger partial charge in [0.25, 0.3) is 0 Å². The Kier molecular flexibility index (Phi) is 6.64. The molecule has 3 heterocycles. The molecule has 0 unspecified atom stereocenters. The number of nitrogens with zero attached hydrogens (tertiary/aromatic N) is 3. The minimum atomic E-state index is -0.387. The van der Waals surface area contributed by atoms with Crippen LogP contribution in [0.15, 0.2) is 200 Å². The molecular formula is C57H33N3S. The number of rotatable bonds is 3. The summed E-state index contributed by atoms with van der Waals surface area (Å²) in [6.07, 6.45) is 0. The van der Waals surface area contributed by atoms with Crippen molar-refractivity contribution < 1.29 is 0 Å². The van der Waals surface area contributed by atoms with Gasteiger partial charge in [-0.25, -0.2) is 0 Å². The lowest BCUT2D eigenvalue weighted by Crippen LogP contribution is -2.25. The van der Waals surface area contributed by atoms with Crippen LogP contribution in [-0.2, 0) is 5.41 Å². The molecule has 3 aromatic heterocycles.